The summed E-state index contributed by atoms with van der Waals surface area (Å²) < 4.78 is 0. The van der Waals surface area contributed by atoms with Crippen LogP contribution in [0.3, 0.4) is 0 Å². The standard InChI is InChI=1S/C20H22N2OS/c23-20(22-11-4-8-19(22)16-10-12-24-14-16)9-3-5-15-13-21-18-7-2-1-6-17(15)18/h1-2,6-7,10,12-14,19,21H,3-5,8-9,11H2/t19-/m0/s1. The van der Waals surface area contributed by atoms with Crippen LogP contribution in [0.2, 0.25) is 0 Å². The molecule has 1 amide bonds. The smallest absolute Gasteiger partial charge is 0.223 e. The van der Waals surface area contributed by atoms with Crippen molar-refractivity contribution in [3.05, 3.63) is 58.4 Å². The minimum absolute atomic E-state index is 0.303. The summed E-state index contributed by atoms with van der Waals surface area (Å²) in [6, 6.07) is 10.8. The molecule has 1 aliphatic heterocycles. The van der Waals surface area contributed by atoms with Gasteiger partial charge in [-0.25, -0.2) is 0 Å². The van der Waals surface area contributed by atoms with E-state index in [2.05, 4.69) is 51.1 Å². The average molecular weight is 338 g/mol. The number of aromatic nitrogens is 1. The SMILES string of the molecule is O=C(CCCc1c[nH]c2ccccc12)N1CCC[C@H]1c1ccsc1. The van der Waals surface area contributed by atoms with E-state index in [0.717, 1.165) is 32.2 Å². The lowest BCUT2D eigenvalue weighted by Crippen LogP contribution is -2.30. The molecule has 1 saturated heterocycles. The van der Waals surface area contributed by atoms with Gasteiger partial charge in [-0.2, -0.15) is 11.3 Å². The van der Waals surface area contributed by atoms with Crippen molar-refractivity contribution in [1.29, 1.82) is 0 Å². The zero-order chi connectivity index (χ0) is 16.4. The van der Waals surface area contributed by atoms with Gasteiger partial charge < -0.3 is 9.88 Å². The molecule has 0 aliphatic carbocycles. The van der Waals surface area contributed by atoms with Crippen LogP contribution in [0, 0.1) is 0 Å². The van der Waals surface area contributed by atoms with E-state index in [1.54, 1.807) is 11.3 Å². The highest BCUT2D eigenvalue weighted by atomic mass is 32.1. The Morgan fingerprint density at radius 3 is 3.08 bits per heavy atom. The number of para-hydroxylation sites is 1. The van der Waals surface area contributed by atoms with Gasteiger partial charge in [-0.1, -0.05) is 18.2 Å². The van der Waals surface area contributed by atoms with Crippen molar-refractivity contribution >= 4 is 28.1 Å². The van der Waals surface area contributed by atoms with Crippen molar-refractivity contribution in [3.63, 3.8) is 0 Å². The normalized spacial score (nSPS) is 17.7. The highest BCUT2D eigenvalue weighted by Crippen LogP contribution is 2.33. The Morgan fingerprint density at radius 1 is 1.29 bits per heavy atom. The van der Waals surface area contributed by atoms with Gasteiger partial charge in [0.05, 0.1) is 6.04 Å². The summed E-state index contributed by atoms with van der Waals surface area (Å²) in [5.41, 5.74) is 3.80. The molecule has 124 valence electrons. The zero-order valence-corrected chi connectivity index (χ0v) is 14.5. The Bertz CT molecular complexity index is 821. The monoisotopic (exact) mass is 338 g/mol. The molecule has 0 bridgehead atoms. The summed E-state index contributed by atoms with van der Waals surface area (Å²) in [5, 5.41) is 5.57. The van der Waals surface area contributed by atoms with Gasteiger partial charge in [0.15, 0.2) is 0 Å². The van der Waals surface area contributed by atoms with Crippen LogP contribution < -0.4 is 0 Å². The van der Waals surface area contributed by atoms with Gasteiger partial charge in [0.25, 0.3) is 0 Å². The molecule has 3 nitrogen and oxygen atoms in total. The Morgan fingerprint density at radius 2 is 2.21 bits per heavy atom. The average Bonchev–Trinajstić information content (AvgIpc) is 3.34. The molecule has 4 heteroatoms. The van der Waals surface area contributed by atoms with Crippen LogP contribution in [-0.4, -0.2) is 22.3 Å². The Kier molecular flexibility index (Phi) is 4.39. The van der Waals surface area contributed by atoms with Crippen LogP contribution in [0.4, 0.5) is 0 Å². The van der Waals surface area contributed by atoms with Crippen LogP contribution in [-0.2, 0) is 11.2 Å². The molecule has 0 radical (unpaired) electrons. The highest BCUT2D eigenvalue weighted by molar-refractivity contribution is 7.08. The van der Waals surface area contributed by atoms with E-state index < -0.39 is 0 Å². The van der Waals surface area contributed by atoms with Gasteiger partial charge in [0.2, 0.25) is 5.91 Å². The van der Waals surface area contributed by atoms with E-state index in [9.17, 15) is 4.79 Å². The first-order valence-corrected chi connectivity index (χ1v) is 9.64. The maximum Gasteiger partial charge on any atom is 0.223 e. The number of carbonyl (C=O) groups excluding carboxylic acids is 1. The van der Waals surface area contributed by atoms with Gasteiger partial charge >= 0.3 is 0 Å². The fraction of sp³-hybridized carbons (Fsp3) is 0.350. The zero-order valence-electron chi connectivity index (χ0n) is 13.7. The molecule has 2 aromatic heterocycles. The molecular weight excluding hydrogens is 316 g/mol. The summed E-state index contributed by atoms with van der Waals surface area (Å²) in [4.78, 5) is 18.1. The van der Waals surface area contributed by atoms with E-state index in [1.165, 1.54) is 22.0 Å². The third kappa shape index (κ3) is 2.98. The third-order valence-electron chi connectivity index (χ3n) is 5.01. The summed E-state index contributed by atoms with van der Waals surface area (Å²) in [5.74, 6) is 0.309. The summed E-state index contributed by atoms with van der Waals surface area (Å²) in [6.45, 7) is 0.909. The minimum Gasteiger partial charge on any atom is -0.361 e. The van der Waals surface area contributed by atoms with Crippen molar-refractivity contribution < 1.29 is 4.79 Å². The number of fused-ring (bicyclic) bond motifs is 1. The maximum atomic E-state index is 12.7. The molecule has 4 rings (SSSR count). The number of nitrogens with one attached hydrogen (secondary N) is 1. The highest BCUT2D eigenvalue weighted by Gasteiger charge is 2.29. The Labute approximate surface area is 146 Å². The summed E-state index contributed by atoms with van der Waals surface area (Å²) in [6.07, 6.45) is 6.80. The van der Waals surface area contributed by atoms with E-state index in [0.29, 0.717) is 18.4 Å². The van der Waals surface area contributed by atoms with Crippen LogP contribution in [0.5, 0.6) is 0 Å². The topological polar surface area (TPSA) is 36.1 Å². The van der Waals surface area contributed by atoms with Gasteiger partial charge in [-0.05, 0) is 59.7 Å². The van der Waals surface area contributed by atoms with Crippen LogP contribution >= 0.6 is 11.3 Å². The number of amides is 1. The van der Waals surface area contributed by atoms with Gasteiger partial charge in [-0.15, -0.1) is 0 Å². The first-order valence-electron chi connectivity index (χ1n) is 8.69. The number of carbonyl (C=O) groups is 1. The Hall–Kier alpha value is -2.07. The van der Waals surface area contributed by atoms with E-state index in [4.69, 9.17) is 0 Å². The van der Waals surface area contributed by atoms with Crippen LogP contribution in [0.1, 0.15) is 42.9 Å². The number of thiophene rings is 1. The number of aryl methyl sites for hydroxylation is 1. The van der Waals surface area contributed by atoms with Gasteiger partial charge in [0, 0.05) is 30.1 Å². The second-order valence-corrected chi connectivity index (χ2v) is 7.29. The quantitative estimate of drug-likeness (QED) is 0.704. The van der Waals surface area contributed by atoms with Crippen molar-refractivity contribution in [2.24, 2.45) is 0 Å². The van der Waals surface area contributed by atoms with Crippen LogP contribution in [0.15, 0.2) is 47.3 Å². The van der Waals surface area contributed by atoms with Gasteiger partial charge in [-0.3, -0.25) is 4.79 Å². The number of hydrogen-bond acceptors (Lipinski definition) is 2. The lowest BCUT2D eigenvalue weighted by Gasteiger charge is -2.24. The third-order valence-corrected chi connectivity index (χ3v) is 5.71. The van der Waals surface area contributed by atoms with Crippen molar-refractivity contribution in [3.8, 4) is 0 Å². The largest absolute Gasteiger partial charge is 0.361 e. The minimum atomic E-state index is 0.303. The van der Waals surface area contributed by atoms with Crippen LogP contribution in [0.25, 0.3) is 10.9 Å². The predicted octanol–water partition coefficient (Wildman–Crippen LogP) is 4.92. The molecule has 1 aromatic carbocycles. The number of aromatic amines is 1. The molecule has 1 fully saturated rings. The number of rotatable bonds is 5. The predicted molar refractivity (Wildman–Crippen MR) is 99.2 cm³/mol. The first kappa shape index (κ1) is 15.5. The number of hydrogen-bond donors (Lipinski definition) is 1. The fourth-order valence-corrected chi connectivity index (χ4v) is 4.50. The molecule has 3 heterocycles. The van der Waals surface area contributed by atoms with Gasteiger partial charge in [0.1, 0.15) is 0 Å². The molecule has 0 saturated carbocycles. The van der Waals surface area contributed by atoms with Crippen molar-refractivity contribution in [2.45, 2.75) is 38.1 Å². The summed E-state index contributed by atoms with van der Waals surface area (Å²) in [7, 11) is 0. The molecule has 3 aromatic rings. The number of H-pyrrole nitrogens is 1. The molecule has 1 N–H and O–H groups in total. The van der Waals surface area contributed by atoms with E-state index >= 15 is 0 Å². The Balaban J connectivity index is 1.36. The lowest BCUT2D eigenvalue weighted by molar-refractivity contribution is -0.132. The summed E-state index contributed by atoms with van der Waals surface area (Å²) >= 11 is 1.72. The molecule has 24 heavy (non-hydrogen) atoms. The molecule has 1 aliphatic rings. The molecule has 0 unspecified atom stereocenters. The first-order chi connectivity index (χ1) is 11.8. The number of likely N-dealkylation sites (tertiary alicyclic amines) is 1. The van der Waals surface area contributed by atoms with Crippen molar-refractivity contribution in [1.82, 2.24) is 9.88 Å². The number of benzene rings is 1. The molecule has 1 atom stereocenters. The van der Waals surface area contributed by atoms with Crippen molar-refractivity contribution in [2.75, 3.05) is 6.54 Å². The fourth-order valence-electron chi connectivity index (χ4n) is 3.79. The number of nitrogens with zero attached hydrogens (tertiary/aromatic N) is 1. The van der Waals surface area contributed by atoms with E-state index in [-0.39, 0.29) is 0 Å². The lowest BCUT2D eigenvalue weighted by atomic mass is 10.1. The maximum absolute atomic E-state index is 12.7. The second-order valence-electron chi connectivity index (χ2n) is 6.51. The second kappa shape index (κ2) is 6.81. The van der Waals surface area contributed by atoms with E-state index in [1.807, 2.05) is 6.07 Å². The molecule has 0 spiro atoms. The molecular formula is C20H22N2OS.